The molecular weight excluding hydrogens is 212 g/mol. The van der Waals surface area contributed by atoms with Crippen LogP contribution >= 0.6 is 0 Å². The average Bonchev–Trinajstić information content (AvgIpc) is 3.20. The zero-order valence-corrected chi connectivity index (χ0v) is 10.4. The first-order chi connectivity index (χ1) is 8.29. The maximum atomic E-state index is 5.67. The molecule has 2 aliphatic rings. The van der Waals surface area contributed by atoms with Crippen LogP contribution in [0.3, 0.4) is 0 Å². The maximum absolute atomic E-state index is 5.67. The Morgan fingerprint density at radius 2 is 1.88 bits per heavy atom. The van der Waals surface area contributed by atoms with E-state index in [1.54, 1.807) is 6.20 Å². The standard InChI is InChI=1S/C13H22N4/c14-13-7-15-17(10-13)6-5-16(8-11-1-2-11)9-12-3-4-12/h7,10-12H,1-6,8-9,14H2. The zero-order chi connectivity index (χ0) is 11.7. The summed E-state index contributed by atoms with van der Waals surface area (Å²) in [6.07, 6.45) is 9.41. The number of anilines is 1. The third kappa shape index (κ3) is 3.46. The Hall–Kier alpha value is -1.03. The van der Waals surface area contributed by atoms with Crippen molar-refractivity contribution in [2.75, 3.05) is 25.4 Å². The van der Waals surface area contributed by atoms with Gasteiger partial charge in [0.05, 0.1) is 18.4 Å². The minimum Gasteiger partial charge on any atom is -0.396 e. The summed E-state index contributed by atoms with van der Waals surface area (Å²) < 4.78 is 1.96. The van der Waals surface area contributed by atoms with Gasteiger partial charge in [0.2, 0.25) is 0 Å². The normalized spacial score (nSPS) is 20.1. The fourth-order valence-corrected chi connectivity index (χ4v) is 2.33. The van der Waals surface area contributed by atoms with E-state index in [2.05, 4.69) is 10.00 Å². The van der Waals surface area contributed by atoms with Gasteiger partial charge in [-0.25, -0.2) is 0 Å². The van der Waals surface area contributed by atoms with Gasteiger partial charge in [0.25, 0.3) is 0 Å². The molecule has 0 saturated heterocycles. The minimum atomic E-state index is 0.765. The second-order valence-electron chi connectivity index (χ2n) is 5.68. The first-order valence-corrected chi connectivity index (χ1v) is 6.80. The molecule has 17 heavy (non-hydrogen) atoms. The van der Waals surface area contributed by atoms with Gasteiger partial charge in [-0.2, -0.15) is 5.10 Å². The lowest BCUT2D eigenvalue weighted by Gasteiger charge is -2.21. The van der Waals surface area contributed by atoms with E-state index < -0.39 is 0 Å². The number of nitrogens with two attached hydrogens (primary N) is 1. The smallest absolute Gasteiger partial charge is 0.0719 e. The predicted molar refractivity (Wildman–Crippen MR) is 68.5 cm³/mol. The molecule has 0 spiro atoms. The third-order valence-corrected chi connectivity index (χ3v) is 3.73. The molecule has 2 aliphatic carbocycles. The van der Waals surface area contributed by atoms with Crippen LogP contribution in [0.1, 0.15) is 25.7 Å². The van der Waals surface area contributed by atoms with Gasteiger partial charge >= 0.3 is 0 Å². The lowest BCUT2D eigenvalue weighted by Crippen LogP contribution is -2.31. The van der Waals surface area contributed by atoms with E-state index in [9.17, 15) is 0 Å². The van der Waals surface area contributed by atoms with Crippen LogP contribution in [0.5, 0.6) is 0 Å². The molecule has 0 amide bonds. The highest BCUT2D eigenvalue weighted by Gasteiger charge is 2.28. The monoisotopic (exact) mass is 234 g/mol. The predicted octanol–water partition coefficient (Wildman–Crippen LogP) is 1.59. The van der Waals surface area contributed by atoms with Crippen molar-refractivity contribution in [2.24, 2.45) is 11.8 Å². The summed E-state index contributed by atoms with van der Waals surface area (Å²) >= 11 is 0. The van der Waals surface area contributed by atoms with Crippen molar-refractivity contribution in [3.05, 3.63) is 12.4 Å². The van der Waals surface area contributed by atoms with Crippen LogP contribution in [0.15, 0.2) is 12.4 Å². The molecule has 0 aromatic carbocycles. The van der Waals surface area contributed by atoms with Crippen LogP contribution in [-0.2, 0) is 6.54 Å². The van der Waals surface area contributed by atoms with Crippen molar-refractivity contribution in [2.45, 2.75) is 32.2 Å². The molecule has 3 rings (SSSR count). The quantitative estimate of drug-likeness (QED) is 0.779. The number of nitrogen functional groups attached to an aromatic ring is 1. The van der Waals surface area contributed by atoms with Crippen molar-refractivity contribution >= 4 is 5.69 Å². The summed E-state index contributed by atoms with van der Waals surface area (Å²) in [6.45, 7) is 4.69. The summed E-state index contributed by atoms with van der Waals surface area (Å²) in [5, 5.41) is 4.24. The van der Waals surface area contributed by atoms with Crippen molar-refractivity contribution < 1.29 is 0 Å². The molecule has 2 saturated carbocycles. The zero-order valence-electron chi connectivity index (χ0n) is 10.4. The fourth-order valence-electron chi connectivity index (χ4n) is 2.33. The molecule has 4 heteroatoms. The van der Waals surface area contributed by atoms with Gasteiger partial charge in [-0.15, -0.1) is 0 Å². The Morgan fingerprint density at radius 3 is 2.35 bits per heavy atom. The molecule has 0 aliphatic heterocycles. The molecule has 0 atom stereocenters. The highest BCUT2D eigenvalue weighted by atomic mass is 15.3. The lowest BCUT2D eigenvalue weighted by atomic mass is 10.3. The summed E-state index contributed by atoms with van der Waals surface area (Å²) in [5.74, 6) is 1.97. The van der Waals surface area contributed by atoms with Crippen molar-refractivity contribution in [3.63, 3.8) is 0 Å². The molecule has 2 N–H and O–H groups in total. The first-order valence-electron chi connectivity index (χ1n) is 6.80. The van der Waals surface area contributed by atoms with Gasteiger partial charge in [-0.1, -0.05) is 0 Å². The van der Waals surface area contributed by atoms with Crippen LogP contribution in [-0.4, -0.2) is 34.3 Å². The minimum absolute atomic E-state index is 0.765. The van der Waals surface area contributed by atoms with E-state index in [0.29, 0.717) is 0 Å². The summed E-state index contributed by atoms with van der Waals surface area (Å²) in [7, 11) is 0. The Labute approximate surface area is 103 Å². The Bertz CT molecular complexity index is 351. The SMILES string of the molecule is Nc1cnn(CCN(CC2CC2)CC2CC2)c1. The molecule has 1 aromatic heterocycles. The summed E-state index contributed by atoms with van der Waals surface area (Å²) in [5.41, 5.74) is 6.43. The molecule has 0 bridgehead atoms. The van der Waals surface area contributed by atoms with E-state index in [-0.39, 0.29) is 0 Å². The molecule has 94 valence electrons. The van der Waals surface area contributed by atoms with Crippen LogP contribution in [0, 0.1) is 11.8 Å². The fraction of sp³-hybridized carbons (Fsp3) is 0.769. The number of hydrogen-bond donors (Lipinski definition) is 1. The third-order valence-electron chi connectivity index (χ3n) is 3.73. The van der Waals surface area contributed by atoms with E-state index in [1.807, 2.05) is 10.9 Å². The maximum Gasteiger partial charge on any atom is 0.0719 e. The van der Waals surface area contributed by atoms with Gasteiger partial charge in [-0.05, 0) is 37.5 Å². The highest BCUT2D eigenvalue weighted by molar-refractivity contribution is 5.30. The van der Waals surface area contributed by atoms with Gasteiger partial charge in [0, 0.05) is 25.8 Å². The Balaban J connectivity index is 1.47. The van der Waals surface area contributed by atoms with Crippen molar-refractivity contribution in [1.29, 1.82) is 0 Å². The molecule has 2 fully saturated rings. The molecule has 0 radical (unpaired) electrons. The van der Waals surface area contributed by atoms with Crippen molar-refractivity contribution in [1.82, 2.24) is 14.7 Å². The number of aromatic nitrogens is 2. The largest absolute Gasteiger partial charge is 0.396 e. The highest BCUT2D eigenvalue weighted by Crippen LogP contribution is 2.33. The van der Waals surface area contributed by atoms with Gasteiger partial charge in [-0.3, -0.25) is 4.68 Å². The van der Waals surface area contributed by atoms with E-state index >= 15 is 0 Å². The summed E-state index contributed by atoms with van der Waals surface area (Å²) in [4.78, 5) is 2.63. The van der Waals surface area contributed by atoms with E-state index in [4.69, 9.17) is 5.73 Å². The number of hydrogen-bond acceptors (Lipinski definition) is 3. The Kier molecular flexibility index (Phi) is 3.05. The van der Waals surface area contributed by atoms with Gasteiger partial charge in [0.1, 0.15) is 0 Å². The van der Waals surface area contributed by atoms with Crippen LogP contribution in [0.2, 0.25) is 0 Å². The number of nitrogens with zero attached hydrogens (tertiary/aromatic N) is 3. The summed E-state index contributed by atoms with van der Waals surface area (Å²) in [6, 6.07) is 0. The number of rotatable bonds is 7. The first kappa shape index (κ1) is 11.1. The molecule has 1 heterocycles. The average molecular weight is 234 g/mol. The molecule has 1 aromatic rings. The lowest BCUT2D eigenvalue weighted by molar-refractivity contribution is 0.239. The van der Waals surface area contributed by atoms with Gasteiger partial charge < -0.3 is 10.6 Å². The van der Waals surface area contributed by atoms with E-state index in [1.165, 1.54) is 38.8 Å². The molecule has 4 nitrogen and oxygen atoms in total. The van der Waals surface area contributed by atoms with Crippen molar-refractivity contribution in [3.8, 4) is 0 Å². The molecular formula is C13H22N4. The van der Waals surface area contributed by atoms with Crippen LogP contribution < -0.4 is 5.73 Å². The second kappa shape index (κ2) is 4.69. The van der Waals surface area contributed by atoms with Crippen LogP contribution in [0.4, 0.5) is 5.69 Å². The van der Waals surface area contributed by atoms with E-state index in [0.717, 1.165) is 30.6 Å². The second-order valence-corrected chi connectivity index (χ2v) is 5.68. The molecule has 0 unspecified atom stereocenters. The Morgan fingerprint density at radius 1 is 1.24 bits per heavy atom. The van der Waals surface area contributed by atoms with Gasteiger partial charge in [0.15, 0.2) is 0 Å². The van der Waals surface area contributed by atoms with Crippen LogP contribution in [0.25, 0.3) is 0 Å². The topological polar surface area (TPSA) is 47.1 Å².